The number of carbonyl (C=O) groups is 1. The second kappa shape index (κ2) is 3.17. The van der Waals surface area contributed by atoms with Crippen molar-refractivity contribution in [3.05, 3.63) is 24.4 Å². The van der Waals surface area contributed by atoms with Crippen LogP contribution in [0.1, 0.15) is 0 Å². The Morgan fingerprint density at radius 3 is 2.90 bits per heavy atom. The number of nitrogens with zero attached hydrogens (tertiary/aromatic N) is 1. The first-order valence-corrected chi connectivity index (χ1v) is 2.95. The monoisotopic (exact) mass is 157 g/mol. The minimum absolute atomic E-state index is 0.211. The Kier molecular flexibility index (Phi) is 2.23. The molecule has 0 aliphatic carbocycles. The van der Waals surface area contributed by atoms with Crippen LogP contribution >= 0.6 is 11.6 Å². The zero-order valence-corrected chi connectivity index (χ0v) is 5.71. The van der Waals surface area contributed by atoms with Crippen LogP contribution in [0.25, 0.3) is 0 Å². The number of rotatable bonds is 1. The lowest BCUT2D eigenvalue weighted by Gasteiger charge is -1.94. The van der Waals surface area contributed by atoms with E-state index < -0.39 is 5.43 Å². The van der Waals surface area contributed by atoms with Crippen LogP contribution in [0.5, 0.6) is 5.88 Å². The number of aromatic nitrogens is 1. The van der Waals surface area contributed by atoms with Crippen molar-refractivity contribution < 1.29 is 9.53 Å². The average Bonchev–Trinajstić information content (AvgIpc) is 1.88. The minimum Gasteiger partial charge on any atom is -0.395 e. The van der Waals surface area contributed by atoms with Gasteiger partial charge in [-0.2, -0.15) is 0 Å². The summed E-state index contributed by atoms with van der Waals surface area (Å²) < 4.78 is 4.43. The van der Waals surface area contributed by atoms with Crippen LogP contribution in [0, 0.1) is 0 Å². The average molecular weight is 158 g/mol. The van der Waals surface area contributed by atoms with Gasteiger partial charge in [-0.25, -0.2) is 9.78 Å². The SMILES string of the molecule is O=C(Cl)Oc1ccccn1. The van der Waals surface area contributed by atoms with Crippen LogP contribution in [0.4, 0.5) is 4.79 Å². The van der Waals surface area contributed by atoms with Crippen molar-refractivity contribution in [3.8, 4) is 5.88 Å². The summed E-state index contributed by atoms with van der Waals surface area (Å²) in [7, 11) is 0. The van der Waals surface area contributed by atoms with Gasteiger partial charge in [0.25, 0.3) is 0 Å². The Morgan fingerprint density at radius 1 is 1.60 bits per heavy atom. The summed E-state index contributed by atoms with van der Waals surface area (Å²) in [5.41, 5.74) is -0.876. The minimum atomic E-state index is -0.876. The highest BCUT2D eigenvalue weighted by Crippen LogP contribution is 2.04. The molecule has 0 saturated heterocycles. The van der Waals surface area contributed by atoms with Gasteiger partial charge < -0.3 is 4.74 Å². The number of hydrogen-bond acceptors (Lipinski definition) is 3. The molecule has 0 saturated carbocycles. The standard InChI is InChI=1S/C6H4ClNO2/c7-6(9)10-5-3-1-2-4-8-5/h1-4H. The van der Waals surface area contributed by atoms with Crippen molar-refractivity contribution in [1.29, 1.82) is 0 Å². The van der Waals surface area contributed by atoms with Gasteiger partial charge in [-0.3, -0.25) is 0 Å². The van der Waals surface area contributed by atoms with Gasteiger partial charge >= 0.3 is 5.43 Å². The summed E-state index contributed by atoms with van der Waals surface area (Å²) in [4.78, 5) is 13.8. The van der Waals surface area contributed by atoms with Gasteiger partial charge in [0.05, 0.1) is 0 Å². The molecule has 0 aliphatic heterocycles. The molecule has 0 fully saturated rings. The summed E-state index contributed by atoms with van der Waals surface area (Å²) in [5, 5.41) is 0. The summed E-state index contributed by atoms with van der Waals surface area (Å²) >= 11 is 4.91. The fourth-order valence-electron chi connectivity index (χ4n) is 0.490. The van der Waals surface area contributed by atoms with Crippen LogP contribution in [0.2, 0.25) is 0 Å². The normalized spacial score (nSPS) is 8.90. The smallest absolute Gasteiger partial charge is 0.395 e. The molecule has 0 aromatic carbocycles. The van der Waals surface area contributed by atoms with E-state index in [0.717, 1.165) is 0 Å². The van der Waals surface area contributed by atoms with Crippen molar-refractivity contribution in [2.24, 2.45) is 0 Å². The molecule has 0 spiro atoms. The molecule has 52 valence electrons. The zero-order valence-electron chi connectivity index (χ0n) is 4.95. The molecule has 0 unspecified atom stereocenters. The molecule has 1 aromatic rings. The Balaban J connectivity index is 2.67. The van der Waals surface area contributed by atoms with E-state index in [1.807, 2.05) is 0 Å². The van der Waals surface area contributed by atoms with Crippen LogP contribution in [-0.2, 0) is 0 Å². The van der Waals surface area contributed by atoms with Gasteiger partial charge in [-0.15, -0.1) is 0 Å². The third-order valence-electron chi connectivity index (χ3n) is 0.823. The van der Waals surface area contributed by atoms with Crippen LogP contribution in [0.15, 0.2) is 24.4 Å². The highest BCUT2D eigenvalue weighted by molar-refractivity contribution is 6.61. The number of pyridine rings is 1. The van der Waals surface area contributed by atoms with Gasteiger partial charge in [-0.05, 0) is 6.07 Å². The lowest BCUT2D eigenvalue weighted by Crippen LogP contribution is -1.96. The first-order valence-electron chi connectivity index (χ1n) is 2.57. The van der Waals surface area contributed by atoms with Gasteiger partial charge in [0, 0.05) is 23.9 Å². The van der Waals surface area contributed by atoms with E-state index in [2.05, 4.69) is 9.72 Å². The van der Waals surface area contributed by atoms with E-state index in [4.69, 9.17) is 11.6 Å². The maximum absolute atomic E-state index is 10.1. The molecule has 1 rings (SSSR count). The predicted molar refractivity (Wildman–Crippen MR) is 36.1 cm³/mol. The Morgan fingerprint density at radius 2 is 2.40 bits per heavy atom. The summed E-state index contributed by atoms with van der Waals surface area (Å²) in [6.07, 6.45) is 1.51. The topological polar surface area (TPSA) is 39.2 Å². The van der Waals surface area contributed by atoms with E-state index >= 15 is 0 Å². The fraction of sp³-hybridized carbons (Fsp3) is 0. The largest absolute Gasteiger partial charge is 0.410 e. The number of carbonyl (C=O) groups excluding carboxylic acids is 1. The Hall–Kier alpha value is -1.09. The molecule has 0 N–H and O–H groups in total. The quantitative estimate of drug-likeness (QED) is 0.584. The number of hydrogen-bond donors (Lipinski definition) is 0. The predicted octanol–water partition coefficient (Wildman–Crippen LogP) is 1.82. The van der Waals surface area contributed by atoms with Crippen LogP contribution in [0.3, 0.4) is 0 Å². The molecule has 0 radical (unpaired) electrons. The molecule has 10 heavy (non-hydrogen) atoms. The molecule has 1 heterocycles. The van der Waals surface area contributed by atoms with Gasteiger partial charge in [0.15, 0.2) is 0 Å². The maximum Gasteiger partial charge on any atom is 0.410 e. The van der Waals surface area contributed by atoms with E-state index in [-0.39, 0.29) is 5.88 Å². The molecule has 0 aliphatic rings. The first kappa shape index (κ1) is 7.02. The summed E-state index contributed by atoms with van der Waals surface area (Å²) in [6, 6.07) is 4.95. The molecule has 0 bridgehead atoms. The number of ether oxygens (including phenoxy) is 1. The van der Waals surface area contributed by atoms with Gasteiger partial charge in [0.2, 0.25) is 5.88 Å². The highest BCUT2D eigenvalue weighted by atomic mass is 35.5. The van der Waals surface area contributed by atoms with Crippen molar-refractivity contribution in [2.45, 2.75) is 0 Å². The maximum atomic E-state index is 10.1. The molecule has 1 aromatic heterocycles. The molecular formula is C6H4ClNO2. The molecule has 3 nitrogen and oxygen atoms in total. The highest BCUT2D eigenvalue weighted by Gasteiger charge is 1.97. The second-order valence-electron chi connectivity index (χ2n) is 1.51. The van der Waals surface area contributed by atoms with E-state index in [0.29, 0.717) is 0 Å². The van der Waals surface area contributed by atoms with E-state index in [1.165, 1.54) is 6.20 Å². The number of halogens is 1. The van der Waals surface area contributed by atoms with Crippen molar-refractivity contribution >= 4 is 17.0 Å². The lowest BCUT2D eigenvalue weighted by molar-refractivity contribution is 0.224. The lowest BCUT2D eigenvalue weighted by atomic mass is 10.5. The van der Waals surface area contributed by atoms with Crippen LogP contribution < -0.4 is 4.74 Å². The molecular weight excluding hydrogens is 154 g/mol. The van der Waals surface area contributed by atoms with Crippen LogP contribution in [-0.4, -0.2) is 10.4 Å². The second-order valence-corrected chi connectivity index (χ2v) is 1.82. The van der Waals surface area contributed by atoms with E-state index in [9.17, 15) is 4.79 Å². The van der Waals surface area contributed by atoms with Crippen molar-refractivity contribution in [1.82, 2.24) is 4.98 Å². The molecule has 4 heteroatoms. The van der Waals surface area contributed by atoms with Crippen molar-refractivity contribution in [3.63, 3.8) is 0 Å². The summed E-state index contributed by atoms with van der Waals surface area (Å²) in [6.45, 7) is 0. The summed E-state index contributed by atoms with van der Waals surface area (Å²) in [5.74, 6) is 0.211. The molecule has 0 atom stereocenters. The third-order valence-corrected chi connectivity index (χ3v) is 0.900. The Labute approximate surface area is 62.6 Å². The van der Waals surface area contributed by atoms with Gasteiger partial charge in [0.1, 0.15) is 0 Å². The first-order chi connectivity index (χ1) is 4.79. The zero-order chi connectivity index (χ0) is 7.40. The fourth-order valence-corrected chi connectivity index (χ4v) is 0.569. The Bertz CT molecular complexity index is 224. The van der Waals surface area contributed by atoms with Crippen molar-refractivity contribution in [2.75, 3.05) is 0 Å². The molecule has 0 amide bonds. The third kappa shape index (κ3) is 2.03. The van der Waals surface area contributed by atoms with E-state index in [1.54, 1.807) is 18.2 Å². The van der Waals surface area contributed by atoms with Gasteiger partial charge in [-0.1, -0.05) is 6.07 Å².